The van der Waals surface area contributed by atoms with Crippen LogP contribution in [0.5, 0.6) is 0 Å². The number of benzene rings is 1. The smallest absolute Gasteiger partial charge is 0.376 e. The highest BCUT2D eigenvalue weighted by molar-refractivity contribution is 14.0. The van der Waals surface area contributed by atoms with Crippen molar-refractivity contribution in [2.45, 2.75) is 31.7 Å². The molecule has 2 N–H and O–H groups in total. The van der Waals surface area contributed by atoms with E-state index < -0.39 is 17.6 Å². The van der Waals surface area contributed by atoms with Gasteiger partial charge in [-0.25, -0.2) is 9.38 Å². The Morgan fingerprint density at radius 2 is 2.03 bits per heavy atom. The van der Waals surface area contributed by atoms with Gasteiger partial charge in [0.15, 0.2) is 5.96 Å². The molecule has 0 aliphatic carbocycles. The Morgan fingerprint density at radius 3 is 2.62 bits per heavy atom. The molecule has 0 spiro atoms. The molecule has 1 aromatic rings. The van der Waals surface area contributed by atoms with Crippen molar-refractivity contribution in [2.75, 3.05) is 33.8 Å². The summed E-state index contributed by atoms with van der Waals surface area (Å²) >= 11 is 0. The summed E-state index contributed by atoms with van der Waals surface area (Å²) in [5.41, 5.74) is -1.23. The van der Waals surface area contributed by atoms with Gasteiger partial charge in [-0.2, -0.15) is 13.2 Å². The zero-order chi connectivity index (χ0) is 20.7. The highest BCUT2D eigenvalue weighted by Gasteiger charge is 2.33. The van der Waals surface area contributed by atoms with Gasteiger partial charge < -0.3 is 20.3 Å². The van der Waals surface area contributed by atoms with E-state index in [1.165, 1.54) is 4.90 Å². The topological polar surface area (TPSA) is 66.0 Å². The van der Waals surface area contributed by atoms with Gasteiger partial charge >= 0.3 is 6.18 Å². The van der Waals surface area contributed by atoms with Gasteiger partial charge in [-0.3, -0.25) is 4.79 Å². The third-order valence-corrected chi connectivity index (χ3v) is 4.21. The third-order valence-electron chi connectivity index (χ3n) is 4.21. The van der Waals surface area contributed by atoms with Crippen LogP contribution in [-0.4, -0.2) is 56.7 Å². The lowest BCUT2D eigenvalue weighted by molar-refractivity contribution is -0.138. The van der Waals surface area contributed by atoms with Gasteiger partial charge in [-0.15, -0.1) is 24.0 Å². The van der Waals surface area contributed by atoms with E-state index >= 15 is 0 Å². The zero-order valence-corrected chi connectivity index (χ0v) is 18.5. The maximum absolute atomic E-state index is 13.2. The van der Waals surface area contributed by atoms with Gasteiger partial charge in [-0.1, -0.05) is 6.07 Å². The van der Waals surface area contributed by atoms with Crippen molar-refractivity contribution in [3.05, 3.63) is 35.1 Å². The number of aliphatic imine (C=N–C) groups is 1. The highest BCUT2D eigenvalue weighted by Crippen LogP contribution is 2.32. The summed E-state index contributed by atoms with van der Waals surface area (Å²) in [6.45, 7) is 0.680. The minimum Gasteiger partial charge on any atom is -0.376 e. The van der Waals surface area contributed by atoms with E-state index in [0.29, 0.717) is 19.2 Å². The van der Waals surface area contributed by atoms with Crippen LogP contribution >= 0.6 is 24.0 Å². The molecule has 1 saturated heterocycles. The van der Waals surface area contributed by atoms with E-state index in [1.54, 1.807) is 14.1 Å². The fraction of sp³-hybridized carbons (Fsp3) is 0.556. The van der Waals surface area contributed by atoms with Crippen LogP contribution < -0.4 is 10.6 Å². The Hall–Kier alpha value is -1.63. The normalized spacial score (nSPS) is 16.9. The first-order chi connectivity index (χ1) is 13.2. The lowest BCUT2D eigenvalue weighted by atomic mass is 10.1. The first kappa shape index (κ1) is 25.4. The molecule has 1 aliphatic rings. The number of rotatable bonds is 6. The number of ether oxygens (including phenoxy) is 1. The number of carbonyl (C=O) groups is 1. The predicted octanol–water partition coefficient (Wildman–Crippen LogP) is 2.76. The molecule has 0 bridgehead atoms. The minimum atomic E-state index is -4.69. The molecule has 29 heavy (non-hydrogen) atoms. The number of amides is 1. The van der Waals surface area contributed by atoms with Crippen molar-refractivity contribution in [2.24, 2.45) is 4.99 Å². The maximum Gasteiger partial charge on any atom is 0.416 e. The van der Waals surface area contributed by atoms with Gasteiger partial charge in [0.25, 0.3) is 0 Å². The van der Waals surface area contributed by atoms with Crippen molar-refractivity contribution < 1.29 is 27.1 Å². The average Bonchev–Trinajstić information content (AvgIpc) is 3.14. The molecular weight excluding hydrogens is 507 g/mol. The second kappa shape index (κ2) is 11.5. The number of hydrogen-bond acceptors (Lipinski definition) is 3. The molecule has 11 heteroatoms. The number of hydrogen-bond donors (Lipinski definition) is 2. The molecule has 1 aromatic carbocycles. The molecule has 1 amide bonds. The molecule has 1 heterocycles. The Labute approximate surface area is 184 Å². The van der Waals surface area contributed by atoms with Crippen LogP contribution in [0.3, 0.4) is 0 Å². The van der Waals surface area contributed by atoms with E-state index in [4.69, 9.17) is 4.74 Å². The van der Waals surface area contributed by atoms with E-state index in [1.807, 2.05) is 0 Å². The van der Waals surface area contributed by atoms with Crippen molar-refractivity contribution in [1.82, 2.24) is 15.5 Å². The fourth-order valence-corrected chi connectivity index (χ4v) is 2.62. The zero-order valence-electron chi connectivity index (χ0n) is 16.2. The minimum absolute atomic E-state index is 0. The summed E-state index contributed by atoms with van der Waals surface area (Å²) in [5, 5.41) is 5.79. The van der Waals surface area contributed by atoms with Gasteiger partial charge in [0.2, 0.25) is 5.91 Å². The maximum atomic E-state index is 13.2. The number of nitrogens with one attached hydrogen (secondary N) is 2. The Balaban J connectivity index is 0.00000420. The van der Waals surface area contributed by atoms with Gasteiger partial charge in [0.1, 0.15) is 5.82 Å². The monoisotopic (exact) mass is 532 g/mol. The van der Waals surface area contributed by atoms with Crippen LogP contribution in [0.4, 0.5) is 17.6 Å². The van der Waals surface area contributed by atoms with E-state index in [-0.39, 0.29) is 60.6 Å². The SMILES string of the molecule is CN(C)C(=O)CNC(=NCc1ccc(F)cc1C(F)(F)F)NCC1CCCO1.I. The summed E-state index contributed by atoms with van der Waals surface area (Å²) in [6, 6.07) is 2.47. The van der Waals surface area contributed by atoms with E-state index in [2.05, 4.69) is 15.6 Å². The lowest BCUT2D eigenvalue weighted by Gasteiger charge is -2.17. The lowest BCUT2D eigenvalue weighted by Crippen LogP contribution is -2.45. The highest BCUT2D eigenvalue weighted by atomic mass is 127. The molecule has 164 valence electrons. The molecule has 1 atom stereocenters. The molecule has 1 fully saturated rings. The van der Waals surface area contributed by atoms with Crippen LogP contribution in [0.2, 0.25) is 0 Å². The van der Waals surface area contributed by atoms with Crippen molar-refractivity contribution in [3.8, 4) is 0 Å². The molecular formula is C18H25F4IN4O2. The van der Waals surface area contributed by atoms with Crippen LogP contribution in [0.25, 0.3) is 0 Å². The first-order valence-electron chi connectivity index (χ1n) is 8.86. The third kappa shape index (κ3) is 8.33. The van der Waals surface area contributed by atoms with Crippen LogP contribution in [0.15, 0.2) is 23.2 Å². The van der Waals surface area contributed by atoms with E-state index in [9.17, 15) is 22.4 Å². The standard InChI is InChI=1S/C18H24F4N4O2.HI/c1-26(2)16(27)11-25-17(24-10-14-4-3-7-28-14)23-9-12-5-6-13(19)8-15(12)18(20,21)22;/h5-6,8,14H,3-4,7,9-11H2,1-2H3,(H2,23,24,25);1H. The summed E-state index contributed by atoms with van der Waals surface area (Å²) in [5.74, 6) is -1.00. The number of carbonyl (C=O) groups excluding carboxylic acids is 1. The Kier molecular flexibility index (Phi) is 10.1. The number of likely N-dealkylation sites (N-methyl/N-ethyl adjacent to an activating group) is 1. The molecule has 0 aromatic heterocycles. The van der Waals surface area contributed by atoms with Crippen LogP contribution in [0, 0.1) is 5.82 Å². The molecule has 6 nitrogen and oxygen atoms in total. The second-order valence-corrected chi connectivity index (χ2v) is 6.62. The van der Waals surface area contributed by atoms with E-state index in [0.717, 1.165) is 25.0 Å². The van der Waals surface area contributed by atoms with Gasteiger partial charge in [0, 0.05) is 27.2 Å². The Bertz CT molecular complexity index is 708. The summed E-state index contributed by atoms with van der Waals surface area (Å²) in [4.78, 5) is 17.3. The quantitative estimate of drug-likeness (QED) is 0.256. The van der Waals surface area contributed by atoms with Crippen LogP contribution in [-0.2, 0) is 22.3 Å². The molecule has 1 unspecified atom stereocenters. The van der Waals surface area contributed by atoms with Gasteiger partial charge in [0.05, 0.1) is 24.8 Å². The average molecular weight is 532 g/mol. The summed E-state index contributed by atoms with van der Waals surface area (Å²) in [6.07, 6.45) is -2.90. The summed E-state index contributed by atoms with van der Waals surface area (Å²) < 4.78 is 58.1. The largest absolute Gasteiger partial charge is 0.416 e. The number of guanidine groups is 1. The number of nitrogens with zero attached hydrogens (tertiary/aromatic N) is 2. The van der Waals surface area contributed by atoms with Crippen molar-refractivity contribution in [3.63, 3.8) is 0 Å². The van der Waals surface area contributed by atoms with Crippen molar-refractivity contribution >= 4 is 35.8 Å². The Morgan fingerprint density at radius 1 is 1.31 bits per heavy atom. The molecule has 0 radical (unpaired) electrons. The van der Waals surface area contributed by atoms with Crippen molar-refractivity contribution in [1.29, 1.82) is 0 Å². The molecule has 0 saturated carbocycles. The first-order valence-corrected chi connectivity index (χ1v) is 8.86. The fourth-order valence-electron chi connectivity index (χ4n) is 2.62. The number of halogens is 5. The number of alkyl halides is 3. The molecule has 1 aliphatic heterocycles. The van der Waals surface area contributed by atoms with Gasteiger partial charge in [-0.05, 0) is 30.5 Å². The second-order valence-electron chi connectivity index (χ2n) is 6.62. The molecule has 2 rings (SSSR count). The predicted molar refractivity (Wildman–Crippen MR) is 112 cm³/mol. The summed E-state index contributed by atoms with van der Waals surface area (Å²) in [7, 11) is 3.18. The van der Waals surface area contributed by atoms with Crippen LogP contribution in [0.1, 0.15) is 24.0 Å².